The van der Waals surface area contributed by atoms with Gasteiger partial charge < -0.3 is 10.3 Å². The Balaban J connectivity index is 1.86. The molecule has 1 aliphatic heterocycles. The standard InChI is InChI=1S/C16H25N3/c1-11-5-4-7-16(2,3)12(11)9-14-15-13(6-8-17-14)18-10-19-15/h10,14,17H,4-9H2,1-3H3,(H,18,19)/t14-/m1/s1. The molecule has 2 aliphatic rings. The Labute approximate surface area is 115 Å². The van der Waals surface area contributed by atoms with E-state index in [1.807, 2.05) is 6.33 Å². The summed E-state index contributed by atoms with van der Waals surface area (Å²) in [5, 5.41) is 3.65. The zero-order valence-electron chi connectivity index (χ0n) is 12.3. The molecular weight excluding hydrogens is 234 g/mol. The van der Waals surface area contributed by atoms with E-state index in [4.69, 9.17) is 0 Å². The number of aromatic nitrogens is 2. The van der Waals surface area contributed by atoms with Crippen LogP contribution in [0.4, 0.5) is 0 Å². The van der Waals surface area contributed by atoms with Crippen molar-refractivity contribution in [2.75, 3.05) is 6.54 Å². The molecule has 2 N–H and O–H groups in total. The smallest absolute Gasteiger partial charge is 0.0925 e. The van der Waals surface area contributed by atoms with Crippen LogP contribution in [-0.4, -0.2) is 16.5 Å². The molecule has 3 heteroatoms. The highest BCUT2D eigenvalue weighted by atomic mass is 15.0. The van der Waals surface area contributed by atoms with Gasteiger partial charge in [-0.05, 0) is 38.0 Å². The minimum absolute atomic E-state index is 0.359. The Hall–Kier alpha value is -1.09. The van der Waals surface area contributed by atoms with Gasteiger partial charge in [-0.3, -0.25) is 0 Å². The van der Waals surface area contributed by atoms with E-state index in [0.717, 1.165) is 19.4 Å². The van der Waals surface area contributed by atoms with Crippen molar-refractivity contribution in [3.63, 3.8) is 0 Å². The predicted octanol–water partition coefficient (Wildman–Crippen LogP) is 3.51. The van der Waals surface area contributed by atoms with Crippen LogP contribution in [0.5, 0.6) is 0 Å². The van der Waals surface area contributed by atoms with Crippen LogP contribution in [0.1, 0.15) is 63.9 Å². The Bertz CT molecular complexity index is 496. The second kappa shape index (κ2) is 4.78. The van der Waals surface area contributed by atoms with Crippen LogP contribution in [0.25, 0.3) is 0 Å². The Morgan fingerprint density at radius 1 is 1.37 bits per heavy atom. The average Bonchev–Trinajstić information content (AvgIpc) is 2.82. The Morgan fingerprint density at radius 2 is 2.21 bits per heavy atom. The number of allylic oxidation sites excluding steroid dienone is 1. The van der Waals surface area contributed by atoms with Crippen LogP contribution >= 0.6 is 0 Å². The van der Waals surface area contributed by atoms with Gasteiger partial charge in [-0.1, -0.05) is 25.0 Å². The highest BCUT2D eigenvalue weighted by Gasteiger charge is 2.32. The SMILES string of the molecule is CC1=C(C[C@H]2NCCc3[nH]cnc32)C(C)(C)CCC1. The lowest BCUT2D eigenvalue weighted by atomic mass is 9.70. The first kappa shape index (κ1) is 12.9. The van der Waals surface area contributed by atoms with Crippen molar-refractivity contribution >= 4 is 0 Å². The topological polar surface area (TPSA) is 40.7 Å². The molecule has 0 bridgehead atoms. The molecule has 0 saturated heterocycles. The number of fused-ring (bicyclic) bond motifs is 1. The van der Waals surface area contributed by atoms with Gasteiger partial charge in [0.15, 0.2) is 0 Å². The van der Waals surface area contributed by atoms with Crippen LogP contribution in [0, 0.1) is 5.41 Å². The van der Waals surface area contributed by atoms with Gasteiger partial charge in [-0.25, -0.2) is 4.98 Å². The normalized spacial score (nSPS) is 26.4. The molecular formula is C16H25N3. The predicted molar refractivity (Wildman–Crippen MR) is 78.0 cm³/mol. The van der Waals surface area contributed by atoms with Gasteiger partial charge in [0.2, 0.25) is 0 Å². The molecule has 0 spiro atoms. The van der Waals surface area contributed by atoms with Gasteiger partial charge in [0, 0.05) is 18.7 Å². The summed E-state index contributed by atoms with van der Waals surface area (Å²) in [6, 6.07) is 0.400. The molecule has 2 heterocycles. The monoisotopic (exact) mass is 259 g/mol. The van der Waals surface area contributed by atoms with Crippen molar-refractivity contribution in [3.05, 3.63) is 28.9 Å². The summed E-state index contributed by atoms with van der Waals surface area (Å²) in [7, 11) is 0. The number of imidazole rings is 1. The molecule has 0 aromatic carbocycles. The molecule has 1 aliphatic carbocycles. The summed E-state index contributed by atoms with van der Waals surface area (Å²) in [6.07, 6.45) is 7.98. The van der Waals surface area contributed by atoms with Gasteiger partial charge >= 0.3 is 0 Å². The molecule has 104 valence electrons. The number of hydrogen-bond acceptors (Lipinski definition) is 2. The molecule has 0 amide bonds. The maximum Gasteiger partial charge on any atom is 0.0925 e. The first-order valence-electron chi connectivity index (χ1n) is 7.52. The van der Waals surface area contributed by atoms with Crippen molar-refractivity contribution in [1.82, 2.24) is 15.3 Å². The molecule has 19 heavy (non-hydrogen) atoms. The fourth-order valence-corrected chi connectivity index (χ4v) is 3.80. The van der Waals surface area contributed by atoms with E-state index in [-0.39, 0.29) is 0 Å². The van der Waals surface area contributed by atoms with Gasteiger partial charge in [0.25, 0.3) is 0 Å². The highest BCUT2D eigenvalue weighted by Crippen LogP contribution is 2.44. The van der Waals surface area contributed by atoms with Crippen molar-refractivity contribution in [1.29, 1.82) is 0 Å². The molecule has 3 rings (SSSR count). The Morgan fingerprint density at radius 3 is 3.00 bits per heavy atom. The minimum Gasteiger partial charge on any atom is -0.348 e. The lowest BCUT2D eigenvalue weighted by Gasteiger charge is -2.37. The van der Waals surface area contributed by atoms with Crippen LogP contribution in [0.15, 0.2) is 17.5 Å². The van der Waals surface area contributed by atoms with E-state index >= 15 is 0 Å². The van der Waals surface area contributed by atoms with Crippen molar-refractivity contribution in [3.8, 4) is 0 Å². The maximum absolute atomic E-state index is 4.54. The number of nitrogens with zero attached hydrogens (tertiary/aromatic N) is 1. The number of hydrogen-bond donors (Lipinski definition) is 2. The molecule has 0 saturated carbocycles. The fourth-order valence-electron chi connectivity index (χ4n) is 3.80. The molecule has 3 nitrogen and oxygen atoms in total. The van der Waals surface area contributed by atoms with Crippen LogP contribution in [0.2, 0.25) is 0 Å². The van der Waals surface area contributed by atoms with Crippen LogP contribution in [0.3, 0.4) is 0 Å². The van der Waals surface area contributed by atoms with E-state index in [1.54, 1.807) is 11.1 Å². The van der Waals surface area contributed by atoms with E-state index in [2.05, 4.69) is 36.1 Å². The molecule has 0 unspecified atom stereocenters. The first-order valence-corrected chi connectivity index (χ1v) is 7.52. The van der Waals surface area contributed by atoms with Gasteiger partial charge in [0.1, 0.15) is 0 Å². The number of rotatable bonds is 2. The fraction of sp³-hybridized carbons (Fsp3) is 0.688. The zero-order valence-corrected chi connectivity index (χ0v) is 12.3. The van der Waals surface area contributed by atoms with Gasteiger partial charge in [-0.15, -0.1) is 0 Å². The largest absolute Gasteiger partial charge is 0.348 e. The zero-order chi connectivity index (χ0) is 13.5. The average molecular weight is 259 g/mol. The van der Waals surface area contributed by atoms with Gasteiger partial charge in [0.05, 0.1) is 18.1 Å². The minimum atomic E-state index is 0.359. The van der Waals surface area contributed by atoms with E-state index in [0.29, 0.717) is 11.5 Å². The van der Waals surface area contributed by atoms with Crippen LogP contribution < -0.4 is 5.32 Å². The highest BCUT2D eigenvalue weighted by molar-refractivity contribution is 5.28. The second-order valence-corrected chi connectivity index (χ2v) is 6.72. The number of nitrogens with one attached hydrogen (secondary N) is 2. The quantitative estimate of drug-likeness (QED) is 0.798. The molecule has 0 radical (unpaired) electrons. The van der Waals surface area contributed by atoms with Crippen molar-refractivity contribution < 1.29 is 0 Å². The molecule has 1 aromatic rings. The Kier molecular flexibility index (Phi) is 3.25. The van der Waals surface area contributed by atoms with Crippen LogP contribution in [-0.2, 0) is 6.42 Å². The van der Waals surface area contributed by atoms with E-state index in [9.17, 15) is 0 Å². The summed E-state index contributed by atoms with van der Waals surface area (Å²) < 4.78 is 0. The van der Waals surface area contributed by atoms with E-state index in [1.165, 1.54) is 30.7 Å². The molecule has 0 fully saturated rings. The first-order chi connectivity index (χ1) is 9.08. The summed E-state index contributed by atoms with van der Waals surface area (Å²) in [5.41, 5.74) is 6.20. The van der Waals surface area contributed by atoms with Crippen molar-refractivity contribution in [2.45, 2.75) is 58.9 Å². The number of H-pyrrole nitrogens is 1. The lowest BCUT2D eigenvalue weighted by molar-refractivity contribution is 0.335. The van der Waals surface area contributed by atoms with Crippen molar-refractivity contribution in [2.24, 2.45) is 5.41 Å². The third kappa shape index (κ3) is 2.36. The summed E-state index contributed by atoms with van der Waals surface area (Å²) in [6.45, 7) is 8.19. The van der Waals surface area contributed by atoms with Gasteiger partial charge in [-0.2, -0.15) is 0 Å². The second-order valence-electron chi connectivity index (χ2n) is 6.72. The summed E-state index contributed by atoms with van der Waals surface area (Å²) >= 11 is 0. The number of aromatic amines is 1. The third-order valence-electron chi connectivity index (χ3n) is 4.94. The summed E-state index contributed by atoms with van der Waals surface area (Å²) in [5.74, 6) is 0. The molecule has 1 atom stereocenters. The van der Waals surface area contributed by atoms with E-state index < -0.39 is 0 Å². The summed E-state index contributed by atoms with van der Waals surface area (Å²) in [4.78, 5) is 7.83. The lowest BCUT2D eigenvalue weighted by Crippen LogP contribution is -2.32. The third-order valence-corrected chi connectivity index (χ3v) is 4.94. The molecule has 1 aromatic heterocycles. The maximum atomic E-state index is 4.54.